The molecule has 1 amide bonds. The van der Waals surface area contributed by atoms with Gasteiger partial charge in [0.1, 0.15) is 0 Å². The number of hydrogen-bond donors (Lipinski definition) is 1. The van der Waals surface area contributed by atoms with Crippen LogP contribution in [0.4, 0.5) is 0 Å². The van der Waals surface area contributed by atoms with E-state index in [1.54, 1.807) is 7.11 Å². The van der Waals surface area contributed by atoms with Crippen LogP contribution in [0, 0.1) is 0 Å². The van der Waals surface area contributed by atoms with Gasteiger partial charge in [0, 0.05) is 26.3 Å². The second-order valence-corrected chi connectivity index (χ2v) is 2.29. The second kappa shape index (κ2) is 7.30. The van der Waals surface area contributed by atoms with Gasteiger partial charge in [-0.2, -0.15) is 0 Å². The number of aliphatic carboxylic acids is 1. The average molecular weight is 186 g/mol. The van der Waals surface area contributed by atoms with Crippen molar-refractivity contribution in [1.29, 1.82) is 0 Å². The monoisotopic (exact) mass is 186 g/mol. The zero-order valence-corrected chi connectivity index (χ0v) is 7.41. The van der Waals surface area contributed by atoms with Crippen LogP contribution < -0.4 is 10.4 Å². The standard InChI is InChI=1S/C8H13NO4/c1-13-6-2-5-9-7(10)3-4-8(11)12/h3-4H,2,5-6H2,1H3,(H,9,10)(H,11,12)/p-1. The molecule has 0 unspecified atom stereocenters. The van der Waals surface area contributed by atoms with Crippen molar-refractivity contribution in [3.05, 3.63) is 12.2 Å². The van der Waals surface area contributed by atoms with E-state index in [1.807, 2.05) is 0 Å². The number of rotatable bonds is 6. The van der Waals surface area contributed by atoms with Gasteiger partial charge in [0.05, 0.1) is 5.97 Å². The molecular formula is C8H12NO4-. The van der Waals surface area contributed by atoms with Crippen molar-refractivity contribution in [2.75, 3.05) is 20.3 Å². The average Bonchev–Trinajstić information content (AvgIpc) is 2.09. The summed E-state index contributed by atoms with van der Waals surface area (Å²) < 4.78 is 4.75. The molecule has 13 heavy (non-hydrogen) atoms. The van der Waals surface area contributed by atoms with Crippen LogP contribution in [0.1, 0.15) is 6.42 Å². The highest BCUT2D eigenvalue weighted by Crippen LogP contribution is 1.78. The zero-order valence-electron chi connectivity index (χ0n) is 7.41. The lowest BCUT2D eigenvalue weighted by Gasteiger charge is -2.00. The van der Waals surface area contributed by atoms with Crippen LogP contribution in [0.25, 0.3) is 0 Å². The molecule has 0 rings (SSSR count). The zero-order chi connectivity index (χ0) is 10.1. The van der Waals surface area contributed by atoms with E-state index in [1.165, 1.54) is 0 Å². The number of carboxylic acids is 1. The molecule has 0 aromatic rings. The summed E-state index contributed by atoms with van der Waals surface area (Å²) in [5, 5.41) is 12.4. The first-order valence-electron chi connectivity index (χ1n) is 3.82. The maximum Gasteiger partial charge on any atom is 0.244 e. The van der Waals surface area contributed by atoms with Gasteiger partial charge >= 0.3 is 0 Å². The molecule has 0 saturated carbocycles. The Hall–Kier alpha value is -1.36. The number of ether oxygens (including phenoxy) is 1. The van der Waals surface area contributed by atoms with Crippen molar-refractivity contribution in [3.63, 3.8) is 0 Å². The Morgan fingerprint density at radius 3 is 2.69 bits per heavy atom. The minimum absolute atomic E-state index is 0.444. The SMILES string of the molecule is COCCCNC(=O)C=CC(=O)[O-]. The third kappa shape index (κ3) is 8.55. The molecule has 0 aliphatic heterocycles. The first-order valence-corrected chi connectivity index (χ1v) is 3.82. The molecule has 0 radical (unpaired) electrons. The number of methoxy groups -OCH3 is 1. The first kappa shape index (κ1) is 11.6. The fraction of sp³-hybridized carbons (Fsp3) is 0.500. The lowest BCUT2D eigenvalue weighted by Crippen LogP contribution is -2.25. The van der Waals surface area contributed by atoms with E-state index in [0.29, 0.717) is 25.6 Å². The van der Waals surface area contributed by atoms with Gasteiger partial charge in [-0.1, -0.05) is 0 Å². The number of carbonyl (C=O) groups is 2. The Labute approximate surface area is 76.4 Å². The summed E-state index contributed by atoms with van der Waals surface area (Å²) in [6.07, 6.45) is 2.30. The maximum atomic E-state index is 10.8. The van der Waals surface area contributed by atoms with E-state index >= 15 is 0 Å². The number of nitrogens with one attached hydrogen (secondary N) is 1. The van der Waals surface area contributed by atoms with Crippen LogP contribution in [-0.2, 0) is 14.3 Å². The van der Waals surface area contributed by atoms with Gasteiger partial charge in [0.2, 0.25) is 5.91 Å². The maximum absolute atomic E-state index is 10.8. The molecule has 74 valence electrons. The lowest BCUT2D eigenvalue weighted by molar-refractivity contribution is -0.297. The summed E-state index contributed by atoms with van der Waals surface area (Å²) in [5.74, 6) is -1.83. The predicted molar refractivity (Wildman–Crippen MR) is 43.6 cm³/mol. The molecule has 0 aliphatic carbocycles. The van der Waals surface area contributed by atoms with Crippen LogP contribution in [0.2, 0.25) is 0 Å². The van der Waals surface area contributed by atoms with Crippen LogP contribution in [0.3, 0.4) is 0 Å². The third-order valence-electron chi connectivity index (χ3n) is 1.20. The summed E-state index contributed by atoms with van der Waals surface area (Å²) in [5.41, 5.74) is 0. The van der Waals surface area contributed by atoms with Gasteiger partial charge in [-0.15, -0.1) is 0 Å². The molecule has 0 aromatic carbocycles. The second-order valence-electron chi connectivity index (χ2n) is 2.29. The Kier molecular flexibility index (Phi) is 6.53. The van der Waals surface area contributed by atoms with Crippen LogP contribution >= 0.6 is 0 Å². The summed E-state index contributed by atoms with van der Waals surface area (Å²) in [6.45, 7) is 1.02. The molecule has 0 aliphatic rings. The molecule has 0 heterocycles. The number of carboxylic acid groups (broad SMARTS) is 1. The minimum atomic E-state index is -1.38. The van der Waals surface area contributed by atoms with Gasteiger partial charge in [-0.05, 0) is 12.5 Å². The largest absolute Gasteiger partial charge is 0.545 e. The van der Waals surface area contributed by atoms with Crippen LogP contribution in [0.15, 0.2) is 12.2 Å². The van der Waals surface area contributed by atoms with Crippen molar-refractivity contribution >= 4 is 11.9 Å². The molecular weight excluding hydrogens is 174 g/mol. The highest BCUT2D eigenvalue weighted by Gasteiger charge is 1.92. The molecule has 0 bridgehead atoms. The van der Waals surface area contributed by atoms with Crippen molar-refractivity contribution in [1.82, 2.24) is 5.32 Å². The summed E-state index contributed by atoms with van der Waals surface area (Å²) in [6, 6.07) is 0. The molecule has 0 atom stereocenters. The van der Waals surface area contributed by atoms with Gasteiger partial charge < -0.3 is 20.0 Å². The Morgan fingerprint density at radius 1 is 1.46 bits per heavy atom. The van der Waals surface area contributed by atoms with Crippen molar-refractivity contribution in [2.24, 2.45) is 0 Å². The number of carbonyl (C=O) groups excluding carboxylic acids is 2. The normalized spacial score (nSPS) is 10.2. The van der Waals surface area contributed by atoms with E-state index in [4.69, 9.17) is 4.74 Å². The molecule has 0 spiro atoms. The molecule has 0 saturated heterocycles. The lowest BCUT2D eigenvalue weighted by atomic mass is 10.4. The van der Waals surface area contributed by atoms with E-state index in [0.717, 1.165) is 6.08 Å². The highest BCUT2D eigenvalue weighted by atomic mass is 16.5. The fourth-order valence-corrected chi connectivity index (χ4v) is 0.631. The van der Waals surface area contributed by atoms with E-state index < -0.39 is 11.9 Å². The van der Waals surface area contributed by atoms with Crippen molar-refractivity contribution < 1.29 is 19.4 Å². The highest BCUT2D eigenvalue weighted by molar-refractivity contribution is 5.93. The molecule has 5 nitrogen and oxygen atoms in total. The molecule has 0 aromatic heterocycles. The van der Waals surface area contributed by atoms with E-state index in [-0.39, 0.29) is 0 Å². The topological polar surface area (TPSA) is 78.5 Å². The van der Waals surface area contributed by atoms with Gasteiger partial charge in [-0.25, -0.2) is 0 Å². The Morgan fingerprint density at radius 2 is 2.15 bits per heavy atom. The van der Waals surface area contributed by atoms with E-state index in [2.05, 4.69) is 5.32 Å². The summed E-state index contributed by atoms with van der Waals surface area (Å²) in [4.78, 5) is 20.7. The smallest absolute Gasteiger partial charge is 0.244 e. The summed E-state index contributed by atoms with van der Waals surface area (Å²) >= 11 is 0. The van der Waals surface area contributed by atoms with Crippen LogP contribution in [0.5, 0.6) is 0 Å². The summed E-state index contributed by atoms with van der Waals surface area (Å²) in [7, 11) is 1.57. The van der Waals surface area contributed by atoms with Crippen LogP contribution in [-0.4, -0.2) is 32.1 Å². The van der Waals surface area contributed by atoms with E-state index in [9.17, 15) is 14.7 Å². The van der Waals surface area contributed by atoms with Crippen molar-refractivity contribution in [2.45, 2.75) is 6.42 Å². The van der Waals surface area contributed by atoms with Gasteiger partial charge in [0.15, 0.2) is 0 Å². The quantitative estimate of drug-likeness (QED) is 0.402. The number of hydrogen-bond acceptors (Lipinski definition) is 4. The Balaban J connectivity index is 3.46. The third-order valence-corrected chi connectivity index (χ3v) is 1.20. The van der Waals surface area contributed by atoms with Gasteiger partial charge in [-0.3, -0.25) is 4.79 Å². The first-order chi connectivity index (χ1) is 6.16. The Bertz CT molecular complexity index is 200. The minimum Gasteiger partial charge on any atom is -0.545 e. The predicted octanol–water partition coefficient (Wildman–Crippen LogP) is -1.55. The molecule has 1 N–H and O–H groups in total. The molecule has 0 fully saturated rings. The van der Waals surface area contributed by atoms with Crippen molar-refractivity contribution in [3.8, 4) is 0 Å². The van der Waals surface area contributed by atoms with Gasteiger partial charge in [0.25, 0.3) is 0 Å². The fourth-order valence-electron chi connectivity index (χ4n) is 0.631. The number of amides is 1. The molecule has 5 heteroatoms.